The summed E-state index contributed by atoms with van der Waals surface area (Å²) in [5.74, 6) is 1.57. The first kappa shape index (κ1) is 19.1. The fourth-order valence-electron chi connectivity index (χ4n) is 3.55. The van der Waals surface area contributed by atoms with E-state index in [0.717, 1.165) is 42.0 Å². The number of rotatable bonds is 6. The minimum atomic E-state index is -0.255. The van der Waals surface area contributed by atoms with Gasteiger partial charge in [0.05, 0.1) is 31.2 Å². The Kier molecular flexibility index (Phi) is 4.78. The fraction of sp³-hybridized carbons (Fsp3) is 0.273. The number of benzene rings is 1. The summed E-state index contributed by atoms with van der Waals surface area (Å²) in [6, 6.07) is 7.16. The third kappa shape index (κ3) is 3.70. The second-order valence-electron chi connectivity index (χ2n) is 7.55. The van der Waals surface area contributed by atoms with E-state index < -0.39 is 0 Å². The summed E-state index contributed by atoms with van der Waals surface area (Å²) < 4.78 is 13.1. The molecule has 0 radical (unpaired) electrons. The first-order valence-corrected chi connectivity index (χ1v) is 10.2. The van der Waals surface area contributed by atoms with Gasteiger partial charge in [0.1, 0.15) is 23.1 Å². The van der Waals surface area contributed by atoms with Crippen LogP contribution in [0.25, 0.3) is 5.52 Å². The standard InChI is InChI=1S/C22H22N6O3/c1-3-16-9-21(26-31-16)25-22(29)15-5-4-14(2)20(8-15)30-17-12-27(13-17)18-11-24-28-7-6-23-10-19(18)28/h4-11,17H,3,12-13H2,1-2H3,(H,25,26,29). The molecule has 0 atom stereocenters. The van der Waals surface area contributed by atoms with Crippen molar-refractivity contribution >= 4 is 22.9 Å². The lowest BCUT2D eigenvalue weighted by Gasteiger charge is -2.40. The summed E-state index contributed by atoms with van der Waals surface area (Å²) in [5.41, 5.74) is 3.49. The fourth-order valence-corrected chi connectivity index (χ4v) is 3.55. The average Bonchev–Trinajstić information content (AvgIpc) is 3.38. The molecule has 1 aliphatic rings. The van der Waals surface area contributed by atoms with E-state index in [4.69, 9.17) is 9.26 Å². The van der Waals surface area contributed by atoms with Gasteiger partial charge >= 0.3 is 0 Å². The highest BCUT2D eigenvalue weighted by Gasteiger charge is 2.31. The second kappa shape index (κ2) is 7.75. The van der Waals surface area contributed by atoms with Crippen LogP contribution in [0.3, 0.4) is 0 Å². The van der Waals surface area contributed by atoms with E-state index in [-0.39, 0.29) is 12.0 Å². The van der Waals surface area contributed by atoms with E-state index in [1.54, 1.807) is 35.1 Å². The van der Waals surface area contributed by atoms with Gasteiger partial charge in [0, 0.05) is 30.4 Å². The highest BCUT2D eigenvalue weighted by molar-refractivity contribution is 6.04. The van der Waals surface area contributed by atoms with Crippen molar-refractivity contribution in [3.05, 3.63) is 65.9 Å². The van der Waals surface area contributed by atoms with Gasteiger partial charge in [-0.2, -0.15) is 5.10 Å². The molecule has 0 saturated carbocycles. The highest BCUT2D eigenvalue weighted by atomic mass is 16.5. The van der Waals surface area contributed by atoms with Crippen LogP contribution in [0, 0.1) is 6.92 Å². The molecule has 9 heteroatoms. The van der Waals surface area contributed by atoms with Crippen molar-refractivity contribution in [1.82, 2.24) is 19.8 Å². The zero-order chi connectivity index (χ0) is 21.4. The van der Waals surface area contributed by atoms with Crippen molar-refractivity contribution in [2.45, 2.75) is 26.4 Å². The number of amides is 1. The summed E-state index contributed by atoms with van der Waals surface area (Å²) >= 11 is 0. The van der Waals surface area contributed by atoms with Crippen LogP contribution >= 0.6 is 0 Å². The van der Waals surface area contributed by atoms with Crippen molar-refractivity contribution in [3.8, 4) is 5.75 Å². The van der Waals surface area contributed by atoms with Gasteiger partial charge in [-0.1, -0.05) is 18.1 Å². The number of fused-ring (bicyclic) bond motifs is 1. The summed E-state index contributed by atoms with van der Waals surface area (Å²) in [6.45, 7) is 5.41. The van der Waals surface area contributed by atoms with E-state index in [0.29, 0.717) is 17.1 Å². The van der Waals surface area contributed by atoms with Gasteiger partial charge in [0.2, 0.25) is 0 Å². The van der Waals surface area contributed by atoms with Gasteiger partial charge in [-0.25, -0.2) is 4.52 Å². The molecule has 31 heavy (non-hydrogen) atoms. The summed E-state index contributed by atoms with van der Waals surface area (Å²) in [6.07, 6.45) is 7.94. The summed E-state index contributed by atoms with van der Waals surface area (Å²) in [4.78, 5) is 19.0. The molecule has 0 aliphatic carbocycles. The lowest BCUT2D eigenvalue weighted by molar-refractivity contribution is 0.102. The second-order valence-corrected chi connectivity index (χ2v) is 7.55. The Morgan fingerprint density at radius 1 is 1.29 bits per heavy atom. The van der Waals surface area contributed by atoms with E-state index >= 15 is 0 Å². The van der Waals surface area contributed by atoms with Gasteiger partial charge in [-0.15, -0.1) is 0 Å². The van der Waals surface area contributed by atoms with Crippen molar-refractivity contribution < 1.29 is 14.1 Å². The van der Waals surface area contributed by atoms with Gasteiger partial charge in [-0.3, -0.25) is 9.78 Å². The number of nitrogens with zero attached hydrogens (tertiary/aromatic N) is 5. The quantitative estimate of drug-likeness (QED) is 0.514. The Labute approximate surface area is 178 Å². The number of hydrogen-bond acceptors (Lipinski definition) is 7. The number of anilines is 2. The summed E-state index contributed by atoms with van der Waals surface area (Å²) in [7, 11) is 0. The molecule has 5 rings (SSSR count). The molecule has 1 aliphatic heterocycles. The monoisotopic (exact) mass is 418 g/mol. The smallest absolute Gasteiger partial charge is 0.257 e. The maximum Gasteiger partial charge on any atom is 0.257 e. The third-order valence-corrected chi connectivity index (χ3v) is 5.39. The first-order chi connectivity index (χ1) is 15.1. The van der Waals surface area contributed by atoms with Gasteiger partial charge in [-0.05, 0) is 24.6 Å². The minimum Gasteiger partial charge on any atom is -0.486 e. The third-order valence-electron chi connectivity index (χ3n) is 5.39. The Bertz CT molecular complexity index is 1240. The molecular weight excluding hydrogens is 396 g/mol. The van der Waals surface area contributed by atoms with Gasteiger partial charge in [0.15, 0.2) is 5.82 Å². The van der Waals surface area contributed by atoms with Gasteiger partial charge in [0.25, 0.3) is 5.91 Å². The molecule has 3 aromatic heterocycles. The molecule has 4 aromatic rings. The average molecular weight is 418 g/mol. The molecule has 9 nitrogen and oxygen atoms in total. The lowest BCUT2D eigenvalue weighted by Crippen LogP contribution is -2.54. The first-order valence-electron chi connectivity index (χ1n) is 10.2. The Balaban J connectivity index is 1.24. The maximum absolute atomic E-state index is 12.6. The van der Waals surface area contributed by atoms with E-state index in [1.807, 2.05) is 32.3 Å². The molecule has 0 spiro atoms. The van der Waals surface area contributed by atoms with Crippen LogP contribution in [-0.2, 0) is 6.42 Å². The van der Waals surface area contributed by atoms with Crippen LogP contribution in [0.5, 0.6) is 5.75 Å². The Morgan fingerprint density at radius 3 is 2.97 bits per heavy atom. The van der Waals surface area contributed by atoms with Crippen LogP contribution < -0.4 is 15.0 Å². The number of nitrogens with one attached hydrogen (secondary N) is 1. The number of ether oxygens (including phenoxy) is 1. The van der Waals surface area contributed by atoms with Crippen molar-refractivity contribution in [2.75, 3.05) is 23.3 Å². The molecule has 4 heterocycles. The number of carbonyl (C=O) groups is 1. The normalized spacial score (nSPS) is 13.9. The maximum atomic E-state index is 12.6. The van der Waals surface area contributed by atoms with Crippen molar-refractivity contribution in [1.29, 1.82) is 0 Å². The Hall–Kier alpha value is -3.88. The van der Waals surface area contributed by atoms with Crippen LogP contribution in [0.15, 0.2) is 53.6 Å². The van der Waals surface area contributed by atoms with E-state index in [1.165, 1.54) is 0 Å². The highest BCUT2D eigenvalue weighted by Crippen LogP contribution is 2.29. The molecule has 158 valence electrons. The largest absolute Gasteiger partial charge is 0.486 e. The summed E-state index contributed by atoms with van der Waals surface area (Å²) in [5, 5.41) is 11.0. The van der Waals surface area contributed by atoms with E-state index in [2.05, 4.69) is 25.5 Å². The topological polar surface area (TPSA) is 97.8 Å². The predicted molar refractivity (Wildman–Crippen MR) is 115 cm³/mol. The Morgan fingerprint density at radius 2 is 2.16 bits per heavy atom. The SMILES string of the molecule is CCc1cc(NC(=O)c2ccc(C)c(OC3CN(c4cnn5ccncc45)C3)c2)no1. The van der Waals surface area contributed by atoms with Crippen molar-refractivity contribution in [2.24, 2.45) is 0 Å². The van der Waals surface area contributed by atoms with Crippen LogP contribution in [0.1, 0.15) is 28.6 Å². The molecule has 1 saturated heterocycles. The molecule has 1 N–H and O–H groups in total. The molecule has 1 amide bonds. The zero-order valence-electron chi connectivity index (χ0n) is 17.3. The van der Waals surface area contributed by atoms with Crippen LogP contribution in [0.4, 0.5) is 11.5 Å². The van der Waals surface area contributed by atoms with E-state index in [9.17, 15) is 4.79 Å². The molecule has 1 fully saturated rings. The van der Waals surface area contributed by atoms with Gasteiger partial charge < -0.3 is 19.5 Å². The molecule has 0 bridgehead atoms. The van der Waals surface area contributed by atoms with Crippen LogP contribution in [0.2, 0.25) is 0 Å². The zero-order valence-corrected chi connectivity index (χ0v) is 17.3. The predicted octanol–water partition coefficient (Wildman–Crippen LogP) is 3.11. The number of hydrogen-bond donors (Lipinski definition) is 1. The number of aryl methyl sites for hydroxylation is 2. The van der Waals surface area contributed by atoms with Crippen LogP contribution in [-0.4, -0.2) is 44.9 Å². The number of aromatic nitrogens is 4. The lowest BCUT2D eigenvalue weighted by atomic mass is 10.1. The number of carbonyl (C=O) groups excluding carboxylic acids is 1. The minimum absolute atomic E-state index is 0.0336. The van der Waals surface area contributed by atoms with Crippen molar-refractivity contribution in [3.63, 3.8) is 0 Å². The molecular formula is C22H22N6O3. The molecule has 1 aromatic carbocycles. The molecule has 0 unspecified atom stereocenters.